The molecule has 48 valence electrons. The molecule has 3 nitrogen and oxygen atoms in total. The summed E-state index contributed by atoms with van der Waals surface area (Å²) in [6.45, 7) is 0. The largest absolute Gasteiger partial charge is 0.316 e. The molecule has 0 saturated carbocycles. The fraction of sp³-hybridized carbons (Fsp3) is 1.00. The molecular weight excluding hydrogens is 160 g/mol. The Hall–Kier alpha value is 1.03. The zero-order chi connectivity index (χ0) is 5.91. The first kappa shape index (κ1) is 11.8. The first-order chi connectivity index (χ1) is 3.06. The molecule has 0 saturated heterocycles. The van der Waals surface area contributed by atoms with Gasteiger partial charge in [-0.25, -0.2) is 0 Å². The predicted octanol–water partition coefficient (Wildman–Crippen LogP) is -1.11. The van der Waals surface area contributed by atoms with Crippen LogP contribution in [-0.4, -0.2) is 47.5 Å². The quantitative estimate of drug-likeness (QED) is 0.312. The SMILES string of the molecule is O=S(=O)(O)CCS.[MgH2]. The topological polar surface area (TPSA) is 54.4 Å². The molecule has 0 rings (SSSR count). The van der Waals surface area contributed by atoms with Gasteiger partial charge in [0.25, 0.3) is 10.1 Å². The van der Waals surface area contributed by atoms with E-state index in [4.69, 9.17) is 4.55 Å². The van der Waals surface area contributed by atoms with Crippen LogP contribution in [0, 0.1) is 0 Å². The van der Waals surface area contributed by atoms with E-state index in [0.717, 1.165) is 0 Å². The predicted molar refractivity (Wildman–Crippen MR) is 38.8 cm³/mol. The van der Waals surface area contributed by atoms with Crippen molar-refractivity contribution >= 4 is 45.8 Å². The van der Waals surface area contributed by atoms with Gasteiger partial charge in [-0.1, -0.05) is 0 Å². The summed E-state index contributed by atoms with van der Waals surface area (Å²) in [6, 6.07) is 0. The van der Waals surface area contributed by atoms with Crippen molar-refractivity contribution in [1.82, 2.24) is 0 Å². The summed E-state index contributed by atoms with van der Waals surface area (Å²) < 4.78 is 27.4. The van der Waals surface area contributed by atoms with Crippen molar-refractivity contribution in [3.8, 4) is 0 Å². The Morgan fingerprint density at radius 3 is 1.88 bits per heavy atom. The highest BCUT2D eigenvalue weighted by Gasteiger charge is 1.98. The Bertz CT molecular complexity index is 128. The molecular formula is C2H8MgO3S2. The normalized spacial score (nSPS) is 10.2. The summed E-state index contributed by atoms with van der Waals surface area (Å²) in [5, 5.41) is 0. The summed E-state index contributed by atoms with van der Waals surface area (Å²) in [7, 11) is -3.75. The monoisotopic (exact) mass is 168 g/mol. The second kappa shape index (κ2) is 4.86. The van der Waals surface area contributed by atoms with Crippen molar-refractivity contribution < 1.29 is 13.0 Å². The third-order valence-electron chi connectivity index (χ3n) is 0.349. The van der Waals surface area contributed by atoms with E-state index < -0.39 is 10.1 Å². The van der Waals surface area contributed by atoms with Crippen LogP contribution in [0.5, 0.6) is 0 Å². The molecule has 8 heavy (non-hydrogen) atoms. The second-order valence-electron chi connectivity index (χ2n) is 1.01. The Kier molecular flexibility index (Phi) is 7.16. The maximum Gasteiger partial charge on any atom is 0.316 e. The third kappa shape index (κ3) is 10.1. The Labute approximate surface area is 70.2 Å². The standard InChI is InChI=1S/C2H6O3S2.Mg.2H/c3-7(4,5)2-1-6;;;/h6H,1-2H2,(H,3,4,5);;;. The molecule has 0 heterocycles. The van der Waals surface area contributed by atoms with Gasteiger partial charge in [-0.05, 0) is 0 Å². The van der Waals surface area contributed by atoms with Crippen LogP contribution < -0.4 is 0 Å². The first-order valence-electron chi connectivity index (χ1n) is 1.62. The van der Waals surface area contributed by atoms with Gasteiger partial charge in [0, 0.05) is 5.75 Å². The summed E-state index contributed by atoms with van der Waals surface area (Å²) in [6.07, 6.45) is 0. The molecule has 0 aromatic rings. The van der Waals surface area contributed by atoms with Gasteiger partial charge in [-0.2, -0.15) is 21.0 Å². The van der Waals surface area contributed by atoms with Gasteiger partial charge in [0.2, 0.25) is 0 Å². The Morgan fingerprint density at radius 1 is 1.50 bits per heavy atom. The molecule has 0 fully saturated rings. The van der Waals surface area contributed by atoms with Gasteiger partial charge in [-0.3, -0.25) is 4.55 Å². The highest BCUT2D eigenvalue weighted by atomic mass is 32.2. The van der Waals surface area contributed by atoms with Gasteiger partial charge >= 0.3 is 23.1 Å². The van der Waals surface area contributed by atoms with E-state index in [1.54, 1.807) is 0 Å². The van der Waals surface area contributed by atoms with Crippen LogP contribution >= 0.6 is 12.6 Å². The molecule has 0 atom stereocenters. The van der Waals surface area contributed by atoms with E-state index >= 15 is 0 Å². The zero-order valence-electron chi connectivity index (χ0n) is 3.53. The van der Waals surface area contributed by atoms with Crippen LogP contribution in [0.15, 0.2) is 0 Å². The highest BCUT2D eigenvalue weighted by molar-refractivity contribution is 7.87. The molecule has 0 amide bonds. The molecule has 0 aromatic carbocycles. The van der Waals surface area contributed by atoms with E-state index in [0.29, 0.717) is 0 Å². The van der Waals surface area contributed by atoms with E-state index in [2.05, 4.69) is 12.6 Å². The molecule has 0 bridgehead atoms. The molecule has 0 aliphatic rings. The third-order valence-corrected chi connectivity index (χ3v) is 1.60. The minimum atomic E-state index is -3.75. The average molecular weight is 169 g/mol. The lowest BCUT2D eigenvalue weighted by Crippen LogP contribution is -2.03. The van der Waals surface area contributed by atoms with E-state index in [1.165, 1.54) is 0 Å². The molecule has 0 unspecified atom stereocenters. The van der Waals surface area contributed by atoms with Crippen molar-refractivity contribution in [2.24, 2.45) is 0 Å². The second-order valence-corrected chi connectivity index (χ2v) is 3.03. The van der Waals surface area contributed by atoms with Gasteiger partial charge in [-0.15, -0.1) is 0 Å². The van der Waals surface area contributed by atoms with Crippen LogP contribution in [0.4, 0.5) is 0 Å². The molecule has 0 aromatic heterocycles. The van der Waals surface area contributed by atoms with Crippen LogP contribution in [0.1, 0.15) is 0 Å². The average Bonchev–Trinajstić information content (AvgIpc) is 1.30. The van der Waals surface area contributed by atoms with Gasteiger partial charge < -0.3 is 0 Å². The van der Waals surface area contributed by atoms with E-state index in [1.807, 2.05) is 0 Å². The summed E-state index contributed by atoms with van der Waals surface area (Å²) in [5.74, 6) is -0.102. The molecule has 6 heteroatoms. The van der Waals surface area contributed by atoms with Crippen molar-refractivity contribution in [1.29, 1.82) is 0 Å². The highest BCUT2D eigenvalue weighted by Crippen LogP contribution is 1.81. The van der Waals surface area contributed by atoms with Crippen LogP contribution in [0.2, 0.25) is 0 Å². The van der Waals surface area contributed by atoms with Gasteiger partial charge in [0.05, 0.1) is 5.75 Å². The fourth-order valence-corrected chi connectivity index (χ4v) is 1.04. The van der Waals surface area contributed by atoms with Crippen molar-refractivity contribution in [2.75, 3.05) is 11.5 Å². The molecule has 0 radical (unpaired) electrons. The molecule has 1 N–H and O–H groups in total. The van der Waals surface area contributed by atoms with Crippen LogP contribution in [0.3, 0.4) is 0 Å². The van der Waals surface area contributed by atoms with Crippen molar-refractivity contribution in [3.63, 3.8) is 0 Å². The minimum Gasteiger partial charge on any atom is -0.286 e. The van der Waals surface area contributed by atoms with Crippen LogP contribution in [0.25, 0.3) is 0 Å². The first-order valence-corrected chi connectivity index (χ1v) is 3.86. The Morgan fingerprint density at radius 2 is 1.88 bits per heavy atom. The number of hydrogen-bond acceptors (Lipinski definition) is 3. The fourth-order valence-electron chi connectivity index (χ4n) is 0.115. The van der Waals surface area contributed by atoms with Crippen molar-refractivity contribution in [3.05, 3.63) is 0 Å². The number of hydrogen-bond donors (Lipinski definition) is 2. The van der Waals surface area contributed by atoms with Gasteiger partial charge in [0.1, 0.15) is 0 Å². The lowest BCUT2D eigenvalue weighted by atomic mass is 11.0. The lowest BCUT2D eigenvalue weighted by molar-refractivity contribution is 0.485. The zero-order valence-corrected chi connectivity index (χ0v) is 5.24. The summed E-state index contributed by atoms with van der Waals surface area (Å²) in [4.78, 5) is 0. The summed E-state index contributed by atoms with van der Waals surface area (Å²) in [5.41, 5.74) is 0. The smallest absolute Gasteiger partial charge is 0.286 e. The summed E-state index contributed by atoms with van der Waals surface area (Å²) >= 11 is 3.57. The van der Waals surface area contributed by atoms with Crippen molar-refractivity contribution in [2.45, 2.75) is 0 Å². The number of thiol groups is 1. The van der Waals surface area contributed by atoms with Gasteiger partial charge in [0.15, 0.2) is 0 Å². The molecule has 0 spiro atoms. The lowest BCUT2D eigenvalue weighted by Gasteiger charge is -1.85. The maximum absolute atomic E-state index is 9.74. The Balaban J connectivity index is 0. The minimum absolute atomic E-state index is 0. The van der Waals surface area contributed by atoms with E-state index in [-0.39, 0.29) is 34.6 Å². The maximum atomic E-state index is 9.74. The molecule has 0 aliphatic heterocycles. The van der Waals surface area contributed by atoms with Crippen LogP contribution in [-0.2, 0) is 10.1 Å². The molecule has 0 aliphatic carbocycles. The number of rotatable bonds is 2. The van der Waals surface area contributed by atoms with E-state index in [9.17, 15) is 8.42 Å².